The van der Waals surface area contributed by atoms with Crippen LogP contribution in [0.1, 0.15) is 0 Å². The van der Waals surface area contributed by atoms with Crippen molar-refractivity contribution in [1.29, 1.82) is 0 Å². The van der Waals surface area contributed by atoms with E-state index in [-0.39, 0.29) is 5.69 Å². The quantitative estimate of drug-likeness (QED) is 0.638. The molecule has 3 N–H and O–H groups in total. The maximum atomic E-state index is 11.0. The molecule has 2 rings (SSSR count). The van der Waals surface area contributed by atoms with E-state index >= 15 is 0 Å². The third-order valence-electron chi connectivity index (χ3n) is 1.65. The molecule has 0 unspecified atom stereocenters. The van der Waals surface area contributed by atoms with Gasteiger partial charge < -0.3 is 10.5 Å². The lowest BCUT2D eigenvalue weighted by Crippen LogP contribution is -2.12. The number of H-pyrrole nitrogens is 1. The lowest BCUT2D eigenvalue weighted by molar-refractivity contribution is 0.315. The van der Waals surface area contributed by atoms with Crippen LogP contribution in [0.15, 0.2) is 17.2 Å². The van der Waals surface area contributed by atoms with E-state index in [0.717, 1.165) is 0 Å². The molecule has 2 heterocycles. The van der Waals surface area contributed by atoms with Crippen LogP contribution >= 0.6 is 0 Å². The molecule has 7 heteroatoms. The summed E-state index contributed by atoms with van der Waals surface area (Å²) in [6.45, 7) is 0.804. The van der Waals surface area contributed by atoms with Gasteiger partial charge in [-0.2, -0.15) is 5.10 Å². The van der Waals surface area contributed by atoms with Crippen molar-refractivity contribution in [1.82, 2.24) is 19.6 Å². The average Bonchev–Trinajstić information content (AvgIpc) is 2.57. The lowest BCUT2D eigenvalue weighted by Gasteiger charge is -2.01. The molecule has 74 valence electrons. The van der Waals surface area contributed by atoms with Crippen LogP contribution in [-0.4, -0.2) is 32.7 Å². The summed E-state index contributed by atoms with van der Waals surface area (Å²) < 4.78 is 6.45. The highest BCUT2D eigenvalue weighted by atomic mass is 16.5. The Morgan fingerprint density at radius 3 is 3.29 bits per heavy atom. The number of nitrogens with one attached hydrogen (secondary N) is 1. The number of hydrogen-bond donors (Lipinski definition) is 2. The second-order valence-electron chi connectivity index (χ2n) is 2.62. The molecule has 0 aliphatic heterocycles. The molecule has 0 saturated carbocycles. The molecular weight excluding hydrogens is 186 g/mol. The van der Waals surface area contributed by atoms with E-state index in [0.29, 0.717) is 24.7 Å². The average molecular weight is 195 g/mol. The predicted molar refractivity (Wildman–Crippen MR) is 48.2 cm³/mol. The van der Waals surface area contributed by atoms with Gasteiger partial charge in [-0.05, 0) is 0 Å². The zero-order valence-corrected chi connectivity index (χ0v) is 7.30. The lowest BCUT2D eigenvalue weighted by atomic mass is 10.6. The van der Waals surface area contributed by atoms with Crippen molar-refractivity contribution in [3.8, 4) is 5.88 Å². The molecule has 0 spiro atoms. The highest BCUT2D eigenvalue weighted by Gasteiger charge is 2.02. The minimum atomic E-state index is -0.321. The molecular formula is C7H9N5O2. The number of aromatic amines is 1. The van der Waals surface area contributed by atoms with E-state index in [2.05, 4.69) is 15.2 Å². The number of ether oxygens (including phenoxy) is 1. The predicted octanol–water partition coefficient (Wildman–Crippen LogP) is -1.24. The van der Waals surface area contributed by atoms with Crippen LogP contribution in [0.4, 0.5) is 0 Å². The van der Waals surface area contributed by atoms with E-state index < -0.39 is 0 Å². The molecule has 0 aliphatic rings. The molecule has 14 heavy (non-hydrogen) atoms. The van der Waals surface area contributed by atoms with Gasteiger partial charge in [0.05, 0.1) is 0 Å². The number of fused-ring (bicyclic) bond motifs is 1. The van der Waals surface area contributed by atoms with Gasteiger partial charge in [0.15, 0.2) is 5.65 Å². The first kappa shape index (κ1) is 8.70. The molecule has 0 aromatic carbocycles. The van der Waals surface area contributed by atoms with E-state index in [4.69, 9.17) is 10.5 Å². The summed E-state index contributed by atoms with van der Waals surface area (Å²) >= 11 is 0. The maximum absolute atomic E-state index is 11.0. The van der Waals surface area contributed by atoms with Gasteiger partial charge in [-0.1, -0.05) is 0 Å². The Labute approximate surface area is 78.5 Å². The van der Waals surface area contributed by atoms with Gasteiger partial charge in [-0.15, -0.1) is 0 Å². The summed E-state index contributed by atoms with van der Waals surface area (Å²) in [5.41, 5.74) is 5.41. The molecule has 0 amide bonds. The normalized spacial score (nSPS) is 10.6. The van der Waals surface area contributed by atoms with Gasteiger partial charge in [0.2, 0.25) is 5.88 Å². The first-order valence-corrected chi connectivity index (χ1v) is 4.07. The fourth-order valence-electron chi connectivity index (χ4n) is 1.04. The fraction of sp³-hybridized carbons (Fsp3) is 0.286. The smallest absolute Gasteiger partial charge is 0.348 e. The van der Waals surface area contributed by atoms with Gasteiger partial charge in [-0.3, -0.25) is 0 Å². The number of hydrogen-bond acceptors (Lipinski definition) is 5. The highest BCUT2D eigenvalue weighted by Crippen LogP contribution is 2.06. The molecule has 0 aliphatic carbocycles. The SMILES string of the molecule is NCCOc1cc2n[nH]c(=O)n2cn1. The number of nitrogens with zero attached hydrogens (tertiary/aromatic N) is 3. The van der Waals surface area contributed by atoms with Crippen molar-refractivity contribution in [3.63, 3.8) is 0 Å². The Hall–Kier alpha value is -1.89. The Balaban J connectivity index is 2.37. The molecule has 2 aromatic heterocycles. The summed E-state index contributed by atoms with van der Waals surface area (Å²) in [6.07, 6.45) is 1.35. The standard InChI is InChI=1S/C7H9N5O2/c8-1-2-14-6-3-5-10-11-7(13)12(5)4-9-6/h3-4H,1-2,8H2,(H,11,13). The van der Waals surface area contributed by atoms with Gasteiger partial charge in [-0.25, -0.2) is 19.3 Å². The van der Waals surface area contributed by atoms with Crippen LogP contribution in [0.25, 0.3) is 5.65 Å². The highest BCUT2D eigenvalue weighted by molar-refractivity contribution is 5.38. The van der Waals surface area contributed by atoms with Crippen LogP contribution in [0.5, 0.6) is 5.88 Å². The minimum absolute atomic E-state index is 0.321. The number of rotatable bonds is 3. The molecule has 7 nitrogen and oxygen atoms in total. The van der Waals surface area contributed by atoms with Gasteiger partial charge in [0.1, 0.15) is 12.9 Å². The summed E-state index contributed by atoms with van der Waals surface area (Å²) in [5, 5.41) is 6.06. The minimum Gasteiger partial charge on any atom is -0.476 e. The van der Waals surface area contributed by atoms with Gasteiger partial charge >= 0.3 is 5.69 Å². The molecule has 0 fully saturated rings. The third kappa shape index (κ3) is 1.44. The summed E-state index contributed by atoms with van der Waals surface area (Å²) in [7, 11) is 0. The van der Waals surface area contributed by atoms with Crippen LogP contribution in [0.2, 0.25) is 0 Å². The van der Waals surface area contributed by atoms with Crippen molar-refractivity contribution >= 4 is 5.65 Å². The molecule has 0 radical (unpaired) electrons. The summed E-state index contributed by atoms with van der Waals surface area (Å²) in [4.78, 5) is 15.0. The topological polar surface area (TPSA) is 98.3 Å². The van der Waals surface area contributed by atoms with Crippen molar-refractivity contribution in [3.05, 3.63) is 22.9 Å². The van der Waals surface area contributed by atoms with Crippen molar-refractivity contribution < 1.29 is 4.74 Å². The fourth-order valence-corrected chi connectivity index (χ4v) is 1.04. The van der Waals surface area contributed by atoms with Gasteiger partial charge in [0, 0.05) is 12.6 Å². The number of aromatic nitrogens is 4. The summed E-state index contributed by atoms with van der Waals surface area (Å²) in [6, 6.07) is 1.56. The van der Waals surface area contributed by atoms with Crippen LogP contribution in [0.3, 0.4) is 0 Å². The van der Waals surface area contributed by atoms with Crippen molar-refractivity contribution in [2.75, 3.05) is 13.2 Å². The molecule has 2 aromatic rings. The van der Waals surface area contributed by atoms with E-state index in [1.807, 2.05) is 0 Å². The molecule has 0 bridgehead atoms. The van der Waals surface area contributed by atoms with Crippen molar-refractivity contribution in [2.24, 2.45) is 5.73 Å². The van der Waals surface area contributed by atoms with E-state index in [1.54, 1.807) is 6.07 Å². The Morgan fingerprint density at radius 1 is 1.64 bits per heavy atom. The first-order valence-electron chi connectivity index (χ1n) is 4.07. The van der Waals surface area contributed by atoms with E-state index in [9.17, 15) is 4.79 Å². The largest absolute Gasteiger partial charge is 0.476 e. The first-order chi connectivity index (χ1) is 6.81. The van der Waals surface area contributed by atoms with Crippen LogP contribution in [0, 0.1) is 0 Å². The monoisotopic (exact) mass is 195 g/mol. The third-order valence-corrected chi connectivity index (χ3v) is 1.65. The van der Waals surface area contributed by atoms with Crippen molar-refractivity contribution in [2.45, 2.75) is 0 Å². The zero-order chi connectivity index (χ0) is 9.97. The summed E-state index contributed by atoms with van der Waals surface area (Å²) in [5.74, 6) is 0.405. The number of nitrogens with two attached hydrogens (primary N) is 1. The van der Waals surface area contributed by atoms with Crippen LogP contribution in [-0.2, 0) is 0 Å². The maximum Gasteiger partial charge on any atom is 0.348 e. The van der Waals surface area contributed by atoms with E-state index in [1.165, 1.54) is 10.7 Å². The van der Waals surface area contributed by atoms with Gasteiger partial charge in [0.25, 0.3) is 0 Å². The molecule has 0 saturated heterocycles. The molecule has 0 atom stereocenters. The Bertz CT molecular complexity index is 488. The second kappa shape index (κ2) is 3.46. The Morgan fingerprint density at radius 2 is 2.50 bits per heavy atom. The Kier molecular flexibility index (Phi) is 2.15. The second-order valence-corrected chi connectivity index (χ2v) is 2.62. The van der Waals surface area contributed by atoms with Crippen LogP contribution < -0.4 is 16.2 Å². The zero-order valence-electron chi connectivity index (χ0n) is 7.30.